The highest BCUT2D eigenvalue weighted by molar-refractivity contribution is 6.31. The Labute approximate surface area is 191 Å². The lowest BCUT2D eigenvalue weighted by Crippen LogP contribution is -2.01. The Kier molecular flexibility index (Phi) is 8.63. The van der Waals surface area contributed by atoms with Crippen LogP contribution in [0.5, 0.6) is 17.4 Å². The minimum absolute atomic E-state index is 0.0184. The maximum Gasteiger partial charge on any atom is 0.330 e. The fourth-order valence-corrected chi connectivity index (χ4v) is 2.82. The Morgan fingerprint density at radius 3 is 2.72 bits per heavy atom. The first-order valence-electron chi connectivity index (χ1n) is 10.2. The minimum atomic E-state index is -0.577. The summed E-state index contributed by atoms with van der Waals surface area (Å²) in [5.41, 5.74) is 1.37. The van der Waals surface area contributed by atoms with E-state index in [9.17, 15) is 9.18 Å². The molecule has 2 aromatic carbocycles. The number of hydrogen-bond donors (Lipinski definition) is 0. The molecule has 0 amide bonds. The zero-order valence-electron chi connectivity index (χ0n) is 17.6. The number of hydrogen-bond acceptors (Lipinski definition) is 5. The van der Waals surface area contributed by atoms with Crippen molar-refractivity contribution in [3.63, 3.8) is 0 Å². The first-order valence-corrected chi connectivity index (χ1v) is 10.6. The average Bonchev–Trinajstić information content (AvgIpc) is 2.80. The number of unbranched alkanes of at least 4 members (excludes halogenated alkanes) is 1. The summed E-state index contributed by atoms with van der Waals surface area (Å²) in [4.78, 5) is 15.7. The number of benzene rings is 2. The van der Waals surface area contributed by atoms with Gasteiger partial charge in [0, 0.05) is 22.7 Å². The summed E-state index contributed by atoms with van der Waals surface area (Å²) in [6.45, 7) is 2.69. The number of ether oxygens (including phenoxy) is 3. The van der Waals surface area contributed by atoms with Gasteiger partial charge in [0.15, 0.2) is 11.6 Å². The SMILES string of the molecule is CCCCOC(=O)/C=C/c1ccc(Oc2ccc(OCc3ccccc3Cl)cn2)c(F)c1. The summed E-state index contributed by atoms with van der Waals surface area (Å²) in [6, 6.07) is 15.1. The summed E-state index contributed by atoms with van der Waals surface area (Å²) < 4.78 is 30.6. The van der Waals surface area contributed by atoms with E-state index in [2.05, 4.69) is 4.98 Å². The van der Waals surface area contributed by atoms with Gasteiger partial charge in [-0.2, -0.15) is 0 Å². The van der Waals surface area contributed by atoms with Crippen molar-refractivity contribution in [3.05, 3.63) is 88.8 Å². The van der Waals surface area contributed by atoms with E-state index < -0.39 is 11.8 Å². The van der Waals surface area contributed by atoms with Gasteiger partial charge < -0.3 is 14.2 Å². The van der Waals surface area contributed by atoms with Crippen LogP contribution in [0.25, 0.3) is 6.08 Å². The number of halogens is 2. The average molecular weight is 456 g/mol. The van der Waals surface area contributed by atoms with Gasteiger partial charge in [-0.25, -0.2) is 14.2 Å². The van der Waals surface area contributed by atoms with E-state index in [1.54, 1.807) is 24.3 Å². The highest BCUT2D eigenvalue weighted by atomic mass is 35.5. The zero-order valence-corrected chi connectivity index (χ0v) is 18.3. The van der Waals surface area contributed by atoms with E-state index in [0.29, 0.717) is 29.5 Å². The first-order chi connectivity index (χ1) is 15.5. The molecule has 0 N–H and O–H groups in total. The van der Waals surface area contributed by atoms with Crippen LogP contribution < -0.4 is 9.47 Å². The molecule has 0 atom stereocenters. The minimum Gasteiger partial charge on any atom is -0.487 e. The molecule has 0 aliphatic heterocycles. The number of esters is 1. The van der Waals surface area contributed by atoms with Crippen molar-refractivity contribution in [1.82, 2.24) is 4.98 Å². The summed E-state index contributed by atoms with van der Waals surface area (Å²) in [5.74, 6) is -0.265. The molecule has 3 aromatic rings. The van der Waals surface area contributed by atoms with Crippen LogP contribution in [0.4, 0.5) is 4.39 Å². The molecule has 1 heterocycles. The Hall–Kier alpha value is -3.38. The fourth-order valence-electron chi connectivity index (χ4n) is 2.63. The summed E-state index contributed by atoms with van der Waals surface area (Å²) in [7, 11) is 0. The standard InChI is InChI=1S/C25H23ClFNO4/c1-2-3-14-30-25(29)13-9-18-8-11-23(22(27)15-18)32-24-12-10-20(16-28-24)31-17-19-6-4-5-7-21(19)26/h4-13,15-16H,2-3,14,17H2,1H3/b13-9+. The van der Waals surface area contributed by atoms with E-state index >= 15 is 0 Å². The highest BCUT2D eigenvalue weighted by Gasteiger charge is 2.08. The van der Waals surface area contributed by atoms with Gasteiger partial charge in [0.1, 0.15) is 12.4 Å². The Bertz CT molecular complexity index is 1070. The van der Waals surface area contributed by atoms with Crippen molar-refractivity contribution >= 4 is 23.6 Å². The zero-order chi connectivity index (χ0) is 22.8. The van der Waals surface area contributed by atoms with Gasteiger partial charge >= 0.3 is 5.97 Å². The van der Waals surface area contributed by atoms with Crippen LogP contribution in [0, 0.1) is 5.82 Å². The number of nitrogens with zero attached hydrogens (tertiary/aromatic N) is 1. The van der Waals surface area contributed by atoms with Crippen molar-refractivity contribution in [3.8, 4) is 17.4 Å². The van der Waals surface area contributed by atoms with Crippen molar-refractivity contribution in [2.24, 2.45) is 0 Å². The van der Waals surface area contributed by atoms with E-state index in [0.717, 1.165) is 18.4 Å². The van der Waals surface area contributed by atoms with E-state index in [4.69, 9.17) is 25.8 Å². The molecule has 0 bridgehead atoms. The molecule has 1 aromatic heterocycles. The van der Waals surface area contributed by atoms with Crippen LogP contribution >= 0.6 is 11.6 Å². The molecule has 7 heteroatoms. The lowest BCUT2D eigenvalue weighted by Gasteiger charge is -2.09. The molecule has 0 fully saturated rings. The van der Waals surface area contributed by atoms with Gasteiger partial charge in [-0.1, -0.05) is 49.2 Å². The maximum atomic E-state index is 14.4. The molecule has 0 saturated heterocycles. The van der Waals surface area contributed by atoms with Crippen LogP contribution in [0.15, 0.2) is 66.9 Å². The number of aromatic nitrogens is 1. The first kappa shape index (κ1) is 23.3. The lowest BCUT2D eigenvalue weighted by molar-refractivity contribution is -0.137. The quantitative estimate of drug-likeness (QED) is 0.196. The maximum absolute atomic E-state index is 14.4. The molecular weight excluding hydrogens is 433 g/mol. The molecule has 0 spiro atoms. The normalized spacial score (nSPS) is 10.8. The van der Waals surface area contributed by atoms with E-state index in [1.807, 2.05) is 25.1 Å². The summed E-state index contributed by atoms with van der Waals surface area (Å²) in [6.07, 6.45) is 6.00. The van der Waals surface area contributed by atoms with Crippen molar-refractivity contribution in [1.29, 1.82) is 0 Å². The van der Waals surface area contributed by atoms with Gasteiger partial charge in [-0.05, 0) is 42.3 Å². The Morgan fingerprint density at radius 2 is 2.00 bits per heavy atom. The Morgan fingerprint density at radius 1 is 1.16 bits per heavy atom. The third kappa shape index (κ3) is 7.10. The molecule has 5 nitrogen and oxygen atoms in total. The summed E-state index contributed by atoms with van der Waals surface area (Å²) >= 11 is 6.11. The van der Waals surface area contributed by atoms with Crippen LogP contribution in [-0.4, -0.2) is 17.6 Å². The largest absolute Gasteiger partial charge is 0.487 e. The monoisotopic (exact) mass is 455 g/mol. The molecule has 0 unspecified atom stereocenters. The van der Waals surface area contributed by atoms with Gasteiger partial charge in [-0.3, -0.25) is 0 Å². The van der Waals surface area contributed by atoms with Crippen LogP contribution in [-0.2, 0) is 16.1 Å². The topological polar surface area (TPSA) is 57.7 Å². The molecule has 166 valence electrons. The van der Waals surface area contributed by atoms with E-state index in [1.165, 1.54) is 30.5 Å². The van der Waals surface area contributed by atoms with Crippen LogP contribution in [0.2, 0.25) is 5.02 Å². The van der Waals surface area contributed by atoms with E-state index in [-0.39, 0.29) is 11.6 Å². The molecule has 0 saturated carbocycles. The Balaban J connectivity index is 1.55. The second-order valence-electron chi connectivity index (χ2n) is 6.86. The third-order valence-electron chi connectivity index (χ3n) is 4.39. The molecule has 32 heavy (non-hydrogen) atoms. The number of carbonyl (C=O) groups excluding carboxylic acids is 1. The number of carbonyl (C=O) groups is 1. The van der Waals surface area contributed by atoms with Crippen LogP contribution in [0.1, 0.15) is 30.9 Å². The smallest absolute Gasteiger partial charge is 0.330 e. The van der Waals surface area contributed by atoms with Crippen molar-refractivity contribution < 1.29 is 23.4 Å². The number of rotatable bonds is 10. The third-order valence-corrected chi connectivity index (χ3v) is 4.75. The second kappa shape index (κ2) is 11.9. The fraction of sp³-hybridized carbons (Fsp3) is 0.200. The van der Waals surface area contributed by atoms with Crippen molar-refractivity contribution in [2.45, 2.75) is 26.4 Å². The molecule has 3 rings (SSSR count). The van der Waals surface area contributed by atoms with Gasteiger partial charge in [0.25, 0.3) is 0 Å². The van der Waals surface area contributed by atoms with Gasteiger partial charge in [0.05, 0.1) is 12.8 Å². The van der Waals surface area contributed by atoms with Gasteiger partial charge in [0.2, 0.25) is 5.88 Å². The molecular formula is C25H23ClFNO4. The highest BCUT2D eigenvalue weighted by Crippen LogP contribution is 2.26. The predicted molar refractivity (Wildman–Crippen MR) is 121 cm³/mol. The van der Waals surface area contributed by atoms with Gasteiger partial charge in [-0.15, -0.1) is 0 Å². The second-order valence-corrected chi connectivity index (χ2v) is 7.27. The molecule has 0 radical (unpaired) electrons. The lowest BCUT2D eigenvalue weighted by atomic mass is 10.2. The van der Waals surface area contributed by atoms with Crippen LogP contribution in [0.3, 0.4) is 0 Å². The van der Waals surface area contributed by atoms with Crippen molar-refractivity contribution in [2.75, 3.05) is 6.61 Å². The number of pyridine rings is 1. The summed E-state index contributed by atoms with van der Waals surface area (Å²) in [5, 5.41) is 0.627. The predicted octanol–water partition coefficient (Wildman–Crippen LogP) is 6.60. The molecule has 0 aliphatic rings. The molecule has 0 aliphatic carbocycles.